The highest BCUT2D eigenvalue weighted by Gasteiger charge is 2.15. The van der Waals surface area contributed by atoms with Crippen molar-refractivity contribution in [2.24, 2.45) is 7.05 Å². The second kappa shape index (κ2) is 4.61. The number of amides is 1. The molecule has 7 nitrogen and oxygen atoms in total. The molecule has 20 heavy (non-hydrogen) atoms. The molecule has 0 atom stereocenters. The Morgan fingerprint density at radius 2 is 2.05 bits per heavy atom. The van der Waals surface area contributed by atoms with Crippen LogP contribution in [0.3, 0.4) is 0 Å². The van der Waals surface area contributed by atoms with Crippen LogP contribution in [0.2, 0.25) is 0 Å². The Balaban J connectivity index is 2.02. The highest BCUT2D eigenvalue weighted by molar-refractivity contribution is 6.03. The summed E-state index contributed by atoms with van der Waals surface area (Å²) in [5, 5.41) is 2.67. The van der Waals surface area contributed by atoms with Gasteiger partial charge < -0.3 is 5.32 Å². The number of fused-ring (bicyclic) bond motifs is 1. The van der Waals surface area contributed by atoms with Gasteiger partial charge in [-0.25, -0.2) is 9.97 Å². The molecule has 1 amide bonds. The molecule has 3 heterocycles. The second-order valence-corrected chi connectivity index (χ2v) is 4.18. The topological polar surface area (TPSA) is 81.3 Å². The SMILES string of the molecule is Cn1c(C(=O)Nc2ccccn2)cc2nccc(=O)n21. The first-order valence-electron chi connectivity index (χ1n) is 5.93. The summed E-state index contributed by atoms with van der Waals surface area (Å²) in [5.41, 5.74) is 0.506. The van der Waals surface area contributed by atoms with Crippen LogP contribution in [-0.2, 0) is 7.05 Å². The maximum absolute atomic E-state index is 12.2. The molecule has 3 aromatic rings. The van der Waals surface area contributed by atoms with Crippen molar-refractivity contribution in [2.75, 3.05) is 5.32 Å². The lowest BCUT2D eigenvalue weighted by Gasteiger charge is -2.05. The van der Waals surface area contributed by atoms with E-state index in [4.69, 9.17) is 0 Å². The molecule has 0 aromatic carbocycles. The number of nitrogens with one attached hydrogen (secondary N) is 1. The fourth-order valence-electron chi connectivity index (χ4n) is 1.97. The van der Waals surface area contributed by atoms with Gasteiger partial charge in [-0.15, -0.1) is 0 Å². The number of aromatic nitrogens is 4. The van der Waals surface area contributed by atoms with E-state index < -0.39 is 0 Å². The number of hydrogen-bond donors (Lipinski definition) is 1. The standard InChI is InChI=1S/C13H11N5O2/c1-17-9(8-11-15-7-5-12(19)18(11)17)13(20)16-10-4-2-3-6-14-10/h2-8H,1H3,(H,14,16,20). The number of nitrogens with zero attached hydrogens (tertiary/aromatic N) is 4. The monoisotopic (exact) mass is 269 g/mol. The predicted molar refractivity (Wildman–Crippen MR) is 72.6 cm³/mol. The van der Waals surface area contributed by atoms with E-state index in [2.05, 4.69) is 15.3 Å². The van der Waals surface area contributed by atoms with Crippen LogP contribution in [0, 0.1) is 0 Å². The van der Waals surface area contributed by atoms with Crippen molar-refractivity contribution in [3.8, 4) is 0 Å². The molecule has 0 fully saturated rings. The van der Waals surface area contributed by atoms with Crippen molar-refractivity contribution in [3.63, 3.8) is 0 Å². The first-order chi connectivity index (χ1) is 9.66. The number of carbonyl (C=O) groups excluding carboxylic acids is 1. The van der Waals surface area contributed by atoms with Crippen LogP contribution in [0.4, 0.5) is 5.82 Å². The zero-order valence-corrected chi connectivity index (χ0v) is 10.6. The predicted octanol–water partition coefficient (Wildman–Crippen LogP) is 0.680. The first-order valence-corrected chi connectivity index (χ1v) is 5.93. The molecular formula is C13H11N5O2. The third kappa shape index (κ3) is 1.95. The van der Waals surface area contributed by atoms with Crippen molar-refractivity contribution in [1.29, 1.82) is 0 Å². The molecule has 0 unspecified atom stereocenters. The van der Waals surface area contributed by atoms with Crippen LogP contribution < -0.4 is 10.9 Å². The number of rotatable bonds is 2. The van der Waals surface area contributed by atoms with Gasteiger partial charge in [0.2, 0.25) is 0 Å². The summed E-state index contributed by atoms with van der Waals surface area (Å²) < 4.78 is 2.79. The maximum Gasteiger partial charge on any atom is 0.275 e. The Labute approximate surface area is 113 Å². The molecule has 7 heteroatoms. The number of pyridine rings is 1. The second-order valence-electron chi connectivity index (χ2n) is 4.18. The molecule has 1 N–H and O–H groups in total. The van der Waals surface area contributed by atoms with Crippen LogP contribution in [0.25, 0.3) is 5.65 Å². The maximum atomic E-state index is 12.2. The number of hydrogen-bond acceptors (Lipinski definition) is 4. The molecule has 100 valence electrons. The van der Waals surface area contributed by atoms with Gasteiger partial charge in [-0.1, -0.05) is 6.07 Å². The molecule has 3 rings (SSSR count). The summed E-state index contributed by atoms with van der Waals surface area (Å²) in [4.78, 5) is 32.0. The van der Waals surface area contributed by atoms with E-state index >= 15 is 0 Å². The largest absolute Gasteiger partial charge is 0.305 e. The lowest BCUT2D eigenvalue weighted by molar-refractivity contribution is 0.101. The van der Waals surface area contributed by atoms with E-state index in [9.17, 15) is 9.59 Å². The Bertz CT molecular complexity index is 835. The highest BCUT2D eigenvalue weighted by atomic mass is 16.2. The van der Waals surface area contributed by atoms with E-state index in [0.717, 1.165) is 0 Å². The van der Waals surface area contributed by atoms with Gasteiger partial charge in [0.05, 0.1) is 0 Å². The molecular weight excluding hydrogens is 258 g/mol. The van der Waals surface area contributed by atoms with Gasteiger partial charge >= 0.3 is 0 Å². The van der Waals surface area contributed by atoms with Crippen LogP contribution in [0.15, 0.2) is 47.5 Å². The van der Waals surface area contributed by atoms with Crippen LogP contribution >= 0.6 is 0 Å². The fourth-order valence-corrected chi connectivity index (χ4v) is 1.97. The highest BCUT2D eigenvalue weighted by Crippen LogP contribution is 2.08. The van der Waals surface area contributed by atoms with Crippen molar-refractivity contribution < 1.29 is 4.79 Å². The van der Waals surface area contributed by atoms with E-state index in [0.29, 0.717) is 17.2 Å². The summed E-state index contributed by atoms with van der Waals surface area (Å²) in [5.74, 6) is 0.0964. The summed E-state index contributed by atoms with van der Waals surface area (Å²) in [6.45, 7) is 0. The number of carbonyl (C=O) groups is 1. The smallest absolute Gasteiger partial charge is 0.275 e. The lowest BCUT2D eigenvalue weighted by Crippen LogP contribution is -2.22. The zero-order valence-electron chi connectivity index (χ0n) is 10.6. The minimum atomic E-state index is -0.351. The van der Waals surface area contributed by atoms with Gasteiger partial charge in [0.25, 0.3) is 11.5 Å². The van der Waals surface area contributed by atoms with Gasteiger partial charge in [0.15, 0.2) is 5.65 Å². The van der Waals surface area contributed by atoms with Crippen LogP contribution in [0.5, 0.6) is 0 Å². The van der Waals surface area contributed by atoms with Gasteiger partial charge in [0, 0.05) is 31.6 Å². The Morgan fingerprint density at radius 3 is 2.75 bits per heavy atom. The van der Waals surface area contributed by atoms with Crippen LogP contribution in [0.1, 0.15) is 10.5 Å². The van der Waals surface area contributed by atoms with E-state index in [-0.39, 0.29) is 11.5 Å². The van der Waals surface area contributed by atoms with Gasteiger partial charge in [-0.05, 0) is 12.1 Å². The van der Waals surface area contributed by atoms with Gasteiger partial charge in [0.1, 0.15) is 11.5 Å². The third-order valence-electron chi connectivity index (χ3n) is 2.90. The quantitative estimate of drug-likeness (QED) is 0.741. The van der Waals surface area contributed by atoms with E-state index in [1.165, 1.54) is 21.5 Å². The fraction of sp³-hybridized carbons (Fsp3) is 0.0769. The van der Waals surface area contributed by atoms with Gasteiger partial charge in [-0.3, -0.25) is 14.3 Å². The summed E-state index contributed by atoms with van der Waals surface area (Å²) in [6.07, 6.45) is 3.00. The molecule has 0 radical (unpaired) electrons. The minimum absolute atomic E-state index is 0.241. The molecule has 0 spiro atoms. The average Bonchev–Trinajstić information content (AvgIpc) is 2.79. The molecule has 0 bridgehead atoms. The summed E-state index contributed by atoms with van der Waals surface area (Å²) in [6, 6.07) is 8.12. The Kier molecular flexibility index (Phi) is 2.79. The van der Waals surface area contributed by atoms with Crippen LogP contribution in [-0.4, -0.2) is 25.1 Å². The molecule has 3 aromatic heterocycles. The van der Waals surface area contributed by atoms with E-state index in [1.54, 1.807) is 37.5 Å². The molecule has 0 saturated heterocycles. The molecule has 0 aliphatic carbocycles. The lowest BCUT2D eigenvalue weighted by atomic mass is 10.4. The third-order valence-corrected chi connectivity index (χ3v) is 2.90. The Hall–Kier alpha value is -2.96. The molecule has 0 saturated carbocycles. The normalized spacial score (nSPS) is 10.7. The zero-order chi connectivity index (χ0) is 14.1. The summed E-state index contributed by atoms with van der Waals surface area (Å²) >= 11 is 0. The number of anilines is 1. The molecule has 0 aliphatic rings. The molecule has 0 aliphatic heterocycles. The van der Waals surface area contributed by atoms with E-state index in [1.807, 2.05) is 0 Å². The number of aryl methyl sites for hydroxylation is 1. The van der Waals surface area contributed by atoms with Crippen molar-refractivity contribution in [1.82, 2.24) is 19.2 Å². The first kappa shape index (κ1) is 12.1. The van der Waals surface area contributed by atoms with Crippen molar-refractivity contribution in [3.05, 3.63) is 58.8 Å². The summed E-state index contributed by atoms with van der Waals surface area (Å²) in [7, 11) is 1.63. The average molecular weight is 269 g/mol. The minimum Gasteiger partial charge on any atom is -0.305 e. The van der Waals surface area contributed by atoms with Gasteiger partial charge in [-0.2, -0.15) is 4.52 Å². The Morgan fingerprint density at radius 1 is 1.20 bits per heavy atom. The van der Waals surface area contributed by atoms with Crippen molar-refractivity contribution >= 4 is 17.4 Å². The van der Waals surface area contributed by atoms with Crippen molar-refractivity contribution in [2.45, 2.75) is 0 Å².